The molecule has 0 bridgehead atoms. The van der Waals surface area contributed by atoms with Gasteiger partial charge in [0.25, 0.3) is 0 Å². The Kier molecular flexibility index (Phi) is 4.81. The van der Waals surface area contributed by atoms with Crippen molar-refractivity contribution in [2.45, 2.75) is 31.2 Å². The normalized spacial score (nSPS) is 15.1. The molecule has 0 spiro atoms. The molecule has 0 amide bonds. The Morgan fingerprint density at radius 2 is 1.70 bits per heavy atom. The quantitative estimate of drug-likeness (QED) is 0.507. The molecule has 3 N–H and O–H groups in total. The van der Waals surface area contributed by atoms with Gasteiger partial charge in [-0.15, -0.1) is 0 Å². The molecule has 0 saturated heterocycles. The van der Waals surface area contributed by atoms with E-state index in [-0.39, 0.29) is 12.1 Å². The van der Waals surface area contributed by atoms with E-state index in [1.54, 1.807) is 6.20 Å². The number of hydrogen-bond donors (Lipinski definition) is 2. The highest BCUT2D eigenvalue weighted by Crippen LogP contribution is 2.40. The minimum absolute atomic E-state index is 0.0663. The van der Waals surface area contributed by atoms with Gasteiger partial charge in [0, 0.05) is 41.3 Å². The molecule has 150 valence electrons. The van der Waals surface area contributed by atoms with Crippen molar-refractivity contribution in [1.82, 2.24) is 9.97 Å². The van der Waals surface area contributed by atoms with E-state index in [1.165, 1.54) is 12.0 Å². The van der Waals surface area contributed by atoms with Crippen LogP contribution < -0.4 is 5.73 Å². The summed E-state index contributed by atoms with van der Waals surface area (Å²) in [6.45, 7) is 0.0663. The standard InChI is InChI=1S/C26H25N3O/c27-26(13-4-14-26)20-9-7-19(8-10-20)25-21(18-5-2-1-3-6-18)17-22-23(12-16-30)28-15-11-24(22)29-25/h1-3,5-11,15,17,30H,4,12-14,16,27H2. The fourth-order valence-electron chi connectivity index (χ4n) is 4.32. The number of nitrogens with two attached hydrogens (primary N) is 1. The summed E-state index contributed by atoms with van der Waals surface area (Å²) in [5.74, 6) is 0. The molecule has 0 atom stereocenters. The number of aromatic nitrogens is 2. The lowest BCUT2D eigenvalue weighted by atomic mass is 9.72. The van der Waals surface area contributed by atoms with Gasteiger partial charge in [-0.1, -0.05) is 54.6 Å². The summed E-state index contributed by atoms with van der Waals surface area (Å²) in [5, 5.41) is 10.4. The zero-order valence-electron chi connectivity index (χ0n) is 16.9. The van der Waals surface area contributed by atoms with Crippen LogP contribution >= 0.6 is 0 Å². The lowest BCUT2D eigenvalue weighted by Crippen LogP contribution is -2.43. The number of hydrogen-bond acceptors (Lipinski definition) is 4. The van der Waals surface area contributed by atoms with Crippen LogP contribution in [-0.2, 0) is 12.0 Å². The lowest BCUT2D eigenvalue weighted by Gasteiger charge is -2.38. The largest absolute Gasteiger partial charge is 0.396 e. The SMILES string of the molecule is NC1(c2ccc(-c3nc4ccnc(CCO)c4cc3-c3ccccc3)cc2)CCC1. The fourth-order valence-corrected chi connectivity index (χ4v) is 4.32. The third-order valence-corrected chi connectivity index (χ3v) is 6.24. The first-order valence-electron chi connectivity index (χ1n) is 10.5. The average Bonchev–Trinajstić information content (AvgIpc) is 2.78. The highest BCUT2D eigenvalue weighted by Gasteiger charge is 2.34. The van der Waals surface area contributed by atoms with E-state index in [9.17, 15) is 5.11 Å². The van der Waals surface area contributed by atoms with Gasteiger partial charge >= 0.3 is 0 Å². The van der Waals surface area contributed by atoms with Crippen molar-refractivity contribution in [3.05, 3.63) is 84.2 Å². The van der Waals surface area contributed by atoms with E-state index in [0.717, 1.165) is 51.8 Å². The molecule has 4 heteroatoms. The molecule has 2 heterocycles. The fraction of sp³-hybridized carbons (Fsp3) is 0.231. The number of nitrogens with zero attached hydrogens (tertiary/aromatic N) is 2. The van der Waals surface area contributed by atoms with Crippen LogP contribution in [0.4, 0.5) is 0 Å². The highest BCUT2D eigenvalue weighted by atomic mass is 16.3. The molecule has 30 heavy (non-hydrogen) atoms. The van der Waals surface area contributed by atoms with Gasteiger partial charge in [0.05, 0.1) is 16.9 Å². The predicted molar refractivity (Wildman–Crippen MR) is 121 cm³/mol. The first-order chi connectivity index (χ1) is 14.7. The first kappa shape index (κ1) is 18.9. The van der Waals surface area contributed by atoms with Crippen LogP contribution in [0.25, 0.3) is 33.3 Å². The van der Waals surface area contributed by atoms with Crippen molar-refractivity contribution in [1.29, 1.82) is 0 Å². The van der Waals surface area contributed by atoms with Crippen LogP contribution in [0.1, 0.15) is 30.5 Å². The van der Waals surface area contributed by atoms with Crippen LogP contribution in [0.5, 0.6) is 0 Å². The molecule has 2 aromatic carbocycles. The predicted octanol–water partition coefficient (Wildman–Crippen LogP) is 4.84. The van der Waals surface area contributed by atoms with Gasteiger partial charge in [-0.3, -0.25) is 4.98 Å². The van der Waals surface area contributed by atoms with E-state index in [1.807, 2.05) is 24.3 Å². The molecule has 4 aromatic rings. The Hall–Kier alpha value is -3.08. The van der Waals surface area contributed by atoms with Crippen molar-refractivity contribution < 1.29 is 5.11 Å². The van der Waals surface area contributed by atoms with Gasteiger partial charge in [0.15, 0.2) is 0 Å². The first-order valence-corrected chi connectivity index (χ1v) is 10.5. The maximum absolute atomic E-state index is 9.44. The van der Waals surface area contributed by atoms with Gasteiger partial charge in [0.1, 0.15) is 0 Å². The minimum Gasteiger partial charge on any atom is -0.396 e. The van der Waals surface area contributed by atoms with Crippen LogP contribution in [0.15, 0.2) is 72.9 Å². The molecule has 2 aromatic heterocycles. The molecule has 1 saturated carbocycles. The van der Waals surface area contributed by atoms with Gasteiger partial charge in [-0.2, -0.15) is 0 Å². The Morgan fingerprint density at radius 3 is 2.37 bits per heavy atom. The summed E-state index contributed by atoms with van der Waals surface area (Å²) < 4.78 is 0. The van der Waals surface area contributed by atoms with Gasteiger partial charge < -0.3 is 10.8 Å². The van der Waals surface area contributed by atoms with Crippen molar-refractivity contribution in [2.24, 2.45) is 5.73 Å². The number of aliphatic hydroxyl groups excluding tert-OH is 1. The van der Waals surface area contributed by atoms with E-state index in [4.69, 9.17) is 10.7 Å². The number of pyridine rings is 2. The molecular formula is C26H25N3O. The molecule has 0 unspecified atom stereocenters. The summed E-state index contributed by atoms with van der Waals surface area (Å²) in [7, 11) is 0. The number of aliphatic hydroxyl groups is 1. The van der Waals surface area contributed by atoms with E-state index >= 15 is 0 Å². The summed E-state index contributed by atoms with van der Waals surface area (Å²) >= 11 is 0. The zero-order chi connectivity index (χ0) is 20.6. The Balaban J connectivity index is 1.68. The van der Waals surface area contributed by atoms with Crippen molar-refractivity contribution in [3.63, 3.8) is 0 Å². The van der Waals surface area contributed by atoms with Gasteiger partial charge in [-0.25, -0.2) is 4.98 Å². The summed E-state index contributed by atoms with van der Waals surface area (Å²) in [6, 6.07) is 23.0. The van der Waals surface area contributed by atoms with Crippen molar-refractivity contribution in [3.8, 4) is 22.4 Å². The van der Waals surface area contributed by atoms with Gasteiger partial charge in [-0.05, 0) is 42.5 Å². The maximum Gasteiger partial charge on any atom is 0.0788 e. The Bertz CT molecular complexity index is 1180. The topological polar surface area (TPSA) is 72.0 Å². The van der Waals surface area contributed by atoms with Crippen molar-refractivity contribution in [2.75, 3.05) is 6.61 Å². The molecule has 0 aliphatic heterocycles. The van der Waals surface area contributed by atoms with E-state index < -0.39 is 0 Å². The van der Waals surface area contributed by atoms with E-state index in [2.05, 4.69) is 47.4 Å². The lowest BCUT2D eigenvalue weighted by molar-refractivity contribution is 0.253. The third-order valence-electron chi connectivity index (χ3n) is 6.24. The number of fused-ring (bicyclic) bond motifs is 1. The van der Waals surface area contributed by atoms with Crippen LogP contribution in [0.2, 0.25) is 0 Å². The monoisotopic (exact) mass is 395 g/mol. The number of benzene rings is 2. The van der Waals surface area contributed by atoms with Crippen molar-refractivity contribution >= 4 is 10.9 Å². The molecule has 5 rings (SSSR count). The van der Waals surface area contributed by atoms with Crippen LogP contribution in [0, 0.1) is 0 Å². The molecule has 0 radical (unpaired) electrons. The second kappa shape index (κ2) is 7.63. The second-order valence-electron chi connectivity index (χ2n) is 8.14. The van der Waals surface area contributed by atoms with E-state index in [0.29, 0.717) is 6.42 Å². The summed E-state index contributed by atoms with van der Waals surface area (Å²) in [5.41, 5.74) is 13.5. The highest BCUT2D eigenvalue weighted by molar-refractivity contribution is 5.92. The average molecular weight is 396 g/mol. The Labute approximate surface area is 176 Å². The summed E-state index contributed by atoms with van der Waals surface area (Å²) in [6.07, 6.45) is 5.59. The van der Waals surface area contributed by atoms with Crippen LogP contribution in [0.3, 0.4) is 0 Å². The molecule has 1 fully saturated rings. The second-order valence-corrected chi connectivity index (χ2v) is 8.14. The zero-order valence-corrected chi connectivity index (χ0v) is 16.9. The number of rotatable bonds is 5. The maximum atomic E-state index is 9.44. The molecule has 1 aliphatic rings. The molecule has 1 aliphatic carbocycles. The third kappa shape index (κ3) is 3.28. The molecule has 4 nitrogen and oxygen atoms in total. The molecular weight excluding hydrogens is 370 g/mol. The van der Waals surface area contributed by atoms with Gasteiger partial charge in [0.2, 0.25) is 0 Å². The Morgan fingerprint density at radius 1 is 0.933 bits per heavy atom. The smallest absolute Gasteiger partial charge is 0.0788 e. The van der Waals surface area contributed by atoms with Crippen LogP contribution in [-0.4, -0.2) is 21.7 Å². The minimum atomic E-state index is -0.164. The summed E-state index contributed by atoms with van der Waals surface area (Å²) in [4.78, 5) is 9.51.